The Balaban J connectivity index is 1.84. The number of halogens is 1. The zero-order valence-electron chi connectivity index (χ0n) is 20.4. The quantitative estimate of drug-likeness (QED) is 0.185. The van der Waals surface area contributed by atoms with Crippen LogP contribution in [-0.2, 0) is 5.60 Å². The van der Waals surface area contributed by atoms with Crippen LogP contribution < -0.4 is 4.74 Å². The molecule has 0 aliphatic heterocycles. The summed E-state index contributed by atoms with van der Waals surface area (Å²) < 4.78 is 6.87. The molecule has 0 saturated heterocycles. The van der Waals surface area contributed by atoms with E-state index in [1.165, 1.54) is 0 Å². The second-order valence-corrected chi connectivity index (χ2v) is 12.2. The first-order valence-electron chi connectivity index (χ1n) is 12.0. The number of fused-ring (bicyclic) bond motifs is 2. The first kappa shape index (κ1) is 25.0. The van der Waals surface area contributed by atoms with E-state index >= 15 is 0 Å². The zero-order valence-corrected chi connectivity index (χ0v) is 23.8. The summed E-state index contributed by atoms with van der Waals surface area (Å²) in [5, 5.41) is 17.1. The molecule has 1 aromatic heterocycles. The fourth-order valence-corrected chi connectivity index (χ4v) is 6.76. The Bertz CT molecular complexity index is 1500. The average Bonchev–Trinajstić information content (AvgIpc) is 2.92. The van der Waals surface area contributed by atoms with Crippen LogP contribution in [-0.4, -0.2) is 33.0 Å². The molecule has 0 spiro atoms. The van der Waals surface area contributed by atoms with Crippen LogP contribution in [0.4, 0.5) is 0 Å². The van der Waals surface area contributed by atoms with Gasteiger partial charge in [-0.05, 0) is 0 Å². The van der Waals surface area contributed by atoms with Gasteiger partial charge in [-0.25, -0.2) is 0 Å². The fourth-order valence-electron chi connectivity index (χ4n) is 5.19. The monoisotopic (exact) mass is 600 g/mol. The van der Waals surface area contributed by atoms with Crippen molar-refractivity contribution in [1.82, 2.24) is 4.98 Å². The van der Waals surface area contributed by atoms with Crippen molar-refractivity contribution in [2.75, 3.05) is 7.11 Å². The number of nitrogens with zero attached hydrogens (tertiary/aromatic N) is 1. The van der Waals surface area contributed by atoms with Crippen LogP contribution in [0.3, 0.4) is 0 Å². The minimum atomic E-state index is -1.16. The van der Waals surface area contributed by atoms with Gasteiger partial charge in [0.1, 0.15) is 0 Å². The molecule has 3 nitrogen and oxygen atoms in total. The first-order valence-corrected chi connectivity index (χ1v) is 16.0. The normalized spacial score (nSPS) is 14.3. The van der Waals surface area contributed by atoms with Crippen molar-refractivity contribution >= 4 is 53.4 Å². The summed E-state index contributed by atoms with van der Waals surface area (Å²) in [6, 6.07) is 33.0. The number of ether oxygens (including phenoxy) is 1. The number of pyridine rings is 1. The Morgan fingerprint density at radius 3 is 2.44 bits per heavy atom. The van der Waals surface area contributed by atoms with Crippen molar-refractivity contribution < 1.29 is 9.84 Å². The second-order valence-electron chi connectivity index (χ2n) is 9.01. The van der Waals surface area contributed by atoms with Crippen LogP contribution in [0.5, 0.6) is 5.88 Å². The topological polar surface area (TPSA) is 42.4 Å². The molecule has 4 aromatic carbocycles. The summed E-state index contributed by atoms with van der Waals surface area (Å²) in [6.45, 7) is 0. The maximum atomic E-state index is 12.9. The molecule has 5 heteroatoms. The molecule has 0 fully saturated rings. The van der Waals surface area contributed by atoms with E-state index in [-0.39, 0.29) is 21.7 Å². The van der Waals surface area contributed by atoms with Gasteiger partial charge in [-0.15, -0.1) is 0 Å². The standard InChI is InChI=1S/C31H28AsBrNO2/c1-32-18-17-31(35,27-14-8-12-21-9-6-7-13-25(21)27)29(22-10-4-3-5-11-22)26-20-23-19-24(33)15-16-28(23)34-30(26)36-2/h3-16,19-20,29,35H,17-18H2,1-2H3. The molecule has 36 heavy (non-hydrogen) atoms. The molecule has 2 unspecified atom stereocenters. The minimum absolute atomic E-state index is 0.129. The van der Waals surface area contributed by atoms with Crippen molar-refractivity contribution in [1.29, 1.82) is 0 Å². The molecule has 1 radical (unpaired) electrons. The van der Waals surface area contributed by atoms with E-state index in [2.05, 4.69) is 76.2 Å². The molecule has 5 aromatic rings. The number of methoxy groups -OCH3 is 1. The predicted octanol–water partition coefficient (Wildman–Crippen LogP) is 7.74. The van der Waals surface area contributed by atoms with Gasteiger partial charge >= 0.3 is 228 Å². The second kappa shape index (κ2) is 10.8. The summed E-state index contributed by atoms with van der Waals surface area (Å²) in [5.41, 5.74) is 4.82. The average molecular weight is 601 g/mol. The van der Waals surface area contributed by atoms with Crippen LogP contribution >= 0.6 is 15.9 Å². The van der Waals surface area contributed by atoms with Crippen molar-refractivity contribution in [3.8, 4) is 5.88 Å². The number of aromatic nitrogens is 1. The molecule has 181 valence electrons. The third-order valence-corrected chi connectivity index (χ3v) is 8.76. The van der Waals surface area contributed by atoms with Gasteiger partial charge in [0.05, 0.1) is 0 Å². The van der Waals surface area contributed by atoms with Crippen molar-refractivity contribution in [2.24, 2.45) is 0 Å². The van der Waals surface area contributed by atoms with Crippen LogP contribution in [0.25, 0.3) is 21.7 Å². The molecule has 5 rings (SSSR count). The third kappa shape index (κ3) is 4.70. The summed E-state index contributed by atoms with van der Waals surface area (Å²) >= 11 is 3.74. The Kier molecular flexibility index (Phi) is 7.48. The van der Waals surface area contributed by atoms with E-state index in [1.807, 2.05) is 42.5 Å². The fraction of sp³-hybridized carbons (Fsp3) is 0.194. The van der Waals surface area contributed by atoms with E-state index in [0.717, 1.165) is 48.0 Å². The molecular formula is C31H28AsBrNO2. The van der Waals surface area contributed by atoms with E-state index in [4.69, 9.17) is 9.72 Å². The van der Waals surface area contributed by atoms with Crippen LogP contribution in [0.15, 0.2) is 102 Å². The van der Waals surface area contributed by atoms with E-state index in [0.29, 0.717) is 12.3 Å². The number of benzene rings is 4. The summed E-state index contributed by atoms with van der Waals surface area (Å²) in [5.74, 6) is 0.171. The maximum absolute atomic E-state index is 12.9. The molecule has 1 heterocycles. The van der Waals surface area contributed by atoms with Crippen molar-refractivity contribution in [3.05, 3.63) is 118 Å². The van der Waals surface area contributed by atoms with Crippen LogP contribution in [0.2, 0.25) is 10.9 Å². The van der Waals surface area contributed by atoms with Gasteiger partial charge in [0.2, 0.25) is 0 Å². The molecule has 0 aliphatic rings. The predicted molar refractivity (Wildman–Crippen MR) is 153 cm³/mol. The van der Waals surface area contributed by atoms with Gasteiger partial charge in [0, 0.05) is 0 Å². The zero-order chi connectivity index (χ0) is 25.1. The van der Waals surface area contributed by atoms with Gasteiger partial charge in [0.25, 0.3) is 0 Å². The third-order valence-electron chi connectivity index (χ3n) is 6.86. The summed E-state index contributed by atoms with van der Waals surface area (Å²) in [7, 11) is 1.66. The summed E-state index contributed by atoms with van der Waals surface area (Å²) in [6.07, 6.45) is 0.650. The summed E-state index contributed by atoms with van der Waals surface area (Å²) in [4.78, 5) is 4.88. The molecule has 0 bridgehead atoms. The van der Waals surface area contributed by atoms with E-state index < -0.39 is 5.60 Å². The molecule has 0 saturated carbocycles. The van der Waals surface area contributed by atoms with Crippen molar-refractivity contribution in [3.63, 3.8) is 0 Å². The van der Waals surface area contributed by atoms with Gasteiger partial charge in [-0.1, -0.05) is 0 Å². The van der Waals surface area contributed by atoms with Crippen LogP contribution in [0.1, 0.15) is 29.0 Å². The Morgan fingerprint density at radius 1 is 0.917 bits per heavy atom. The molecule has 1 N–H and O–H groups in total. The number of hydrogen-bond acceptors (Lipinski definition) is 3. The molecular weight excluding hydrogens is 573 g/mol. The van der Waals surface area contributed by atoms with Crippen molar-refractivity contribution in [2.45, 2.75) is 28.9 Å². The van der Waals surface area contributed by atoms with Gasteiger partial charge in [-0.3, -0.25) is 0 Å². The number of hydrogen-bond donors (Lipinski definition) is 1. The Hall–Kier alpha value is -2.65. The number of aliphatic hydroxyl groups is 1. The van der Waals surface area contributed by atoms with Gasteiger partial charge < -0.3 is 0 Å². The SMILES string of the molecule is COc1nc2ccc(Br)cc2cc1C(c1ccccc1)C(O)(CC[As]C)c1cccc2ccccc12. The number of rotatable bonds is 8. The molecule has 0 aliphatic carbocycles. The van der Waals surface area contributed by atoms with Crippen LogP contribution in [0, 0.1) is 0 Å². The van der Waals surface area contributed by atoms with E-state index in [1.54, 1.807) is 7.11 Å². The molecule has 2 atom stereocenters. The van der Waals surface area contributed by atoms with Gasteiger partial charge in [0.15, 0.2) is 0 Å². The Labute approximate surface area is 227 Å². The first-order chi connectivity index (χ1) is 17.5. The van der Waals surface area contributed by atoms with Gasteiger partial charge in [-0.2, -0.15) is 0 Å². The molecule has 0 amide bonds. The Morgan fingerprint density at radius 2 is 1.67 bits per heavy atom. The van der Waals surface area contributed by atoms with E-state index in [9.17, 15) is 5.11 Å².